The van der Waals surface area contributed by atoms with Gasteiger partial charge in [0.05, 0.1) is 11.3 Å². The Kier molecular flexibility index (Phi) is 3.38. The van der Waals surface area contributed by atoms with Gasteiger partial charge in [-0.3, -0.25) is 9.59 Å². The molecule has 2 aliphatic rings. The SMILES string of the molecule is C[C@]1(O)C(=O)Nc2cc(F)cc(C(=O)Nc3ccc4c(c3)CNC4)c21. The normalized spacial score (nSPS) is 20.8. The fourth-order valence-corrected chi connectivity index (χ4v) is 3.34. The topological polar surface area (TPSA) is 90.5 Å². The lowest BCUT2D eigenvalue weighted by Crippen LogP contribution is -2.32. The second-order valence-corrected chi connectivity index (χ2v) is 6.44. The molecule has 2 aliphatic heterocycles. The van der Waals surface area contributed by atoms with Gasteiger partial charge in [0.15, 0.2) is 5.60 Å². The zero-order valence-electron chi connectivity index (χ0n) is 13.4. The summed E-state index contributed by atoms with van der Waals surface area (Å²) >= 11 is 0. The van der Waals surface area contributed by atoms with Crippen LogP contribution in [0.5, 0.6) is 0 Å². The number of benzene rings is 2. The summed E-state index contributed by atoms with van der Waals surface area (Å²) in [7, 11) is 0. The van der Waals surface area contributed by atoms with Crippen molar-refractivity contribution in [3.8, 4) is 0 Å². The fraction of sp³-hybridized carbons (Fsp3) is 0.222. The van der Waals surface area contributed by atoms with Crippen molar-refractivity contribution in [1.29, 1.82) is 0 Å². The molecule has 0 saturated carbocycles. The third kappa shape index (κ3) is 2.48. The van der Waals surface area contributed by atoms with Crippen molar-refractivity contribution in [3.63, 3.8) is 0 Å². The molecule has 4 rings (SSSR count). The third-order valence-electron chi connectivity index (χ3n) is 4.62. The molecule has 0 radical (unpaired) electrons. The van der Waals surface area contributed by atoms with Crippen molar-refractivity contribution in [3.05, 3.63) is 58.4 Å². The van der Waals surface area contributed by atoms with E-state index in [2.05, 4.69) is 16.0 Å². The largest absolute Gasteiger partial charge is 0.375 e. The minimum Gasteiger partial charge on any atom is -0.375 e. The number of hydrogen-bond acceptors (Lipinski definition) is 4. The molecule has 0 unspecified atom stereocenters. The summed E-state index contributed by atoms with van der Waals surface area (Å²) in [6.45, 7) is 2.79. The van der Waals surface area contributed by atoms with Gasteiger partial charge in [-0.15, -0.1) is 0 Å². The van der Waals surface area contributed by atoms with Crippen LogP contribution in [-0.2, 0) is 23.5 Å². The molecular weight excluding hydrogens is 325 g/mol. The van der Waals surface area contributed by atoms with Crippen LogP contribution in [0.15, 0.2) is 30.3 Å². The molecule has 0 saturated heterocycles. The fourth-order valence-electron chi connectivity index (χ4n) is 3.34. The number of carbonyl (C=O) groups excluding carboxylic acids is 2. The molecule has 0 bridgehead atoms. The van der Waals surface area contributed by atoms with Crippen molar-refractivity contribution in [2.24, 2.45) is 0 Å². The summed E-state index contributed by atoms with van der Waals surface area (Å²) in [6.07, 6.45) is 0. The van der Waals surface area contributed by atoms with Crippen LogP contribution in [0.3, 0.4) is 0 Å². The molecule has 0 aliphatic carbocycles. The van der Waals surface area contributed by atoms with Crippen LogP contribution in [0.25, 0.3) is 0 Å². The van der Waals surface area contributed by atoms with Crippen molar-refractivity contribution >= 4 is 23.2 Å². The van der Waals surface area contributed by atoms with E-state index >= 15 is 0 Å². The standard InChI is InChI=1S/C18H16FN3O3/c1-18(25)15-13(5-11(19)6-14(15)22-17(18)24)16(23)21-12-3-2-9-7-20-8-10(9)4-12/h2-6,20,25H,7-8H2,1H3,(H,21,23)(H,22,24)/t18-/m1/s1. The number of halogens is 1. The Hall–Kier alpha value is -2.77. The number of anilines is 2. The summed E-state index contributed by atoms with van der Waals surface area (Å²) in [5.74, 6) is -1.94. The Balaban J connectivity index is 1.71. The van der Waals surface area contributed by atoms with Crippen molar-refractivity contribution in [2.75, 3.05) is 10.6 Å². The van der Waals surface area contributed by atoms with E-state index in [4.69, 9.17) is 0 Å². The lowest BCUT2D eigenvalue weighted by Gasteiger charge is -2.18. The number of rotatable bonds is 2. The van der Waals surface area contributed by atoms with Crippen molar-refractivity contribution in [1.82, 2.24) is 5.32 Å². The third-order valence-corrected chi connectivity index (χ3v) is 4.62. The molecular formula is C18H16FN3O3. The molecule has 0 aromatic heterocycles. The summed E-state index contributed by atoms with van der Waals surface area (Å²) in [5, 5.41) is 18.7. The van der Waals surface area contributed by atoms with E-state index in [1.165, 1.54) is 12.5 Å². The van der Waals surface area contributed by atoms with Crippen molar-refractivity contribution in [2.45, 2.75) is 25.6 Å². The van der Waals surface area contributed by atoms with E-state index in [-0.39, 0.29) is 16.8 Å². The summed E-state index contributed by atoms with van der Waals surface area (Å²) < 4.78 is 13.9. The monoisotopic (exact) mass is 341 g/mol. The van der Waals surface area contributed by atoms with Crippen LogP contribution in [0.4, 0.5) is 15.8 Å². The predicted molar refractivity (Wildman–Crippen MR) is 89.5 cm³/mol. The van der Waals surface area contributed by atoms with Gasteiger partial charge in [0, 0.05) is 24.3 Å². The number of hydrogen-bond donors (Lipinski definition) is 4. The molecule has 0 spiro atoms. The summed E-state index contributed by atoms with van der Waals surface area (Å²) in [6, 6.07) is 7.66. The zero-order valence-corrected chi connectivity index (χ0v) is 13.4. The molecule has 4 N–H and O–H groups in total. The Bertz CT molecular complexity index is 924. The summed E-state index contributed by atoms with van der Waals surface area (Å²) in [4.78, 5) is 24.6. The summed E-state index contributed by atoms with van der Waals surface area (Å²) in [5.41, 5.74) is 1.06. The van der Waals surface area contributed by atoms with Gasteiger partial charge in [0.25, 0.3) is 11.8 Å². The average Bonchev–Trinajstić information content (AvgIpc) is 3.09. The number of aliphatic hydroxyl groups is 1. The lowest BCUT2D eigenvalue weighted by molar-refractivity contribution is -0.131. The number of amides is 2. The number of fused-ring (bicyclic) bond motifs is 2. The van der Waals surface area contributed by atoms with Gasteiger partial charge in [-0.05, 0) is 42.3 Å². The lowest BCUT2D eigenvalue weighted by atomic mass is 9.92. The van der Waals surface area contributed by atoms with Gasteiger partial charge in [-0.1, -0.05) is 6.07 Å². The van der Waals surface area contributed by atoms with Gasteiger partial charge in [-0.25, -0.2) is 4.39 Å². The van der Waals surface area contributed by atoms with Crippen LogP contribution < -0.4 is 16.0 Å². The Morgan fingerprint density at radius 3 is 2.80 bits per heavy atom. The smallest absolute Gasteiger partial charge is 0.260 e. The highest BCUT2D eigenvalue weighted by Gasteiger charge is 2.44. The maximum Gasteiger partial charge on any atom is 0.260 e. The second kappa shape index (κ2) is 5.37. The van der Waals surface area contributed by atoms with E-state index in [0.717, 1.165) is 30.8 Å². The first-order valence-electron chi connectivity index (χ1n) is 7.88. The first-order valence-corrected chi connectivity index (χ1v) is 7.88. The molecule has 2 heterocycles. The molecule has 0 fully saturated rings. The Morgan fingerprint density at radius 1 is 1.24 bits per heavy atom. The highest BCUT2D eigenvalue weighted by Crippen LogP contribution is 2.39. The molecule has 25 heavy (non-hydrogen) atoms. The first-order chi connectivity index (χ1) is 11.9. The molecule has 7 heteroatoms. The maximum atomic E-state index is 13.9. The van der Waals surface area contributed by atoms with Gasteiger partial charge in [-0.2, -0.15) is 0 Å². The minimum absolute atomic E-state index is 0.0722. The van der Waals surface area contributed by atoms with Crippen LogP contribution in [0, 0.1) is 5.82 Å². The van der Waals surface area contributed by atoms with Gasteiger partial charge in [0.1, 0.15) is 5.82 Å². The number of nitrogens with one attached hydrogen (secondary N) is 3. The van der Waals surface area contributed by atoms with E-state index in [0.29, 0.717) is 5.69 Å². The van der Waals surface area contributed by atoms with Crippen LogP contribution >= 0.6 is 0 Å². The first kappa shape index (κ1) is 15.7. The minimum atomic E-state index is -1.89. The van der Waals surface area contributed by atoms with Gasteiger partial charge < -0.3 is 21.1 Å². The van der Waals surface area contributed by atoms with Gasteiger partial charge in [0.2, 0.25) is 0 Å². The molecule has 2 aromatic carbocycles. The quantitative estimate of drug-likeness (QED) is 0.671. The van der Waals surface area contributed by atoms with Crippen LogP contribution in [-0.4, -0.2) is 16.9 Å². The molecule has 128 valence electrons. The highest BCUT2D eigenvalue weighted by atomic mass is 19.1. The molecule has 1 atom stereocenters. The maximum absolute atomic E-state index is 13.9. The van der Waals surface area contributed by atoms with Crippen LogP contribution in [0.1, 0.15) is 34.0 Å². The second-order valence-electron chi connectivity index (χ2n) is 6.44. The molecule has 2 aromatic rings. The average molecular weight is 341 g/mol. The number of carbonyl (C=O) groups is 2. The van der Waals surface area contributed by atoms with Crippen molar-refractivity contribution < 1.29 is 19.1 Å². The van der Waals surface area contributed by atoms with Gasteiger partial charge >= 0.3 is 0 Å². The van der Waals surface area contributed by atoms with Crippen LogP contribution in [0.2, 0.25) is 0 Å². The zero-order chi connectivity index (χ0) is 17.8. The molecule has 6 nitrogen and oxygen atoms in total. The molecule has 2 amide bonds. The van der Waals surface area contributed by atoms with E-state index < -0.39 is 23.2 Å². The van der Waals surface area contributed by atoms with E-state index in [9.17, 15) is 19.1 Å². The van der Waals surface area contributed by atoms with E-state index in [1.807, 2.05) is 12.1 Å². The van der Waals surface area contributed by atoms with E-state index in [1.54, 1.807) is 6.07 Å². The Morgan fingerprint density at radius 2 is 2.00 bits per heavy atom. The highest BCUT2D eigenvalue weighted by molar-refractivity contribution is 6.12. The Labute approximate surface area is 143 Å². The predicted octanol–water partition coefficient (Wildman–Crippen LogP) is 1.84.